The summed E-state index contributed by atoms with van der Waals surface area (Å²) in [4.78, 5) is 4.09. The average molecular weight is 140 g/mol. The van der Waals surface area contributed by atoms with Crippen molar-refractivity contribution in [1.29, 1.82) is 0 Å². The van der Waals surface area contributed by atoms with Gasteiger partial charge in [0.2, 0.25) is 0 Å². The molecule has 1 aromatic heterocycles. The third-order valence-corrected chi connectivity index (χ3v) is 1.39. The molecule has 10 heavy (non-hydrogen) atoms. The van der Waals surface area contributed by atoms with Crippen molar-refractivity contribution in [2.45, 2.75) is 26.3 Å². The molecule has 0 aliphatic carbocycles. The summed E-state index contributed by atoms with van der Waals surface area (Å²) in [6.45, 7) is 3.87. The summed E-state index contributed by atoms with van der Waals surface area (Å²) in [6, 6.07) is -0.0232. The van der Waals surface area contributed by atoms with Gasteiger partial charge in [0.25, 0.3) is 0 Å². The minimum atomic E-state index is -0.0232. The lowest BCUT2D eigenvalue weighted by Crippen LogP contribution is -2.10. The third-order valence-electron chi connectivity index (χ3n) is 1.39. The van der Waals surface area contributed by atoms with Crippen LogP contribution in [0.4, 0.5) is 0 Å². The van der Waals surface area contributed by atoms with Crippen LogP contribution in [-0.4, -0.2) is 15.2 Å². The fourth-order valence-corrected chi connectivity index (χ4v) is 0.708. The van der Waals surface area contributed by atoms with Crippen molar-refractivity contribution in [2.24, 2.45) is 5.73 Å². The summed E-state index contributed by atoms with van der Waals surface area (Å²) in [6.07, 6.45) is 0.872. The topological polar surface area (TPSA) is 67.6 Å². The van der Waals surface area contributed by atoms with Gasteiger partial charge in [-0.25, -0.2) is 4.98 Å². The summed E-state index contributed by atoms with van der Waals surface area (Å²) >= 11 is 0. The summed E-state index contributed by atoms with van der Waals surface area (Å²) in [5.74, 6) is 1.53. The molecule has 0 saturated heterocycles. The maximum atomic E-state index is 5.66. The molecule has 4 nitrogen and oxygen atoms in total. The molecule has 56 valence electrons. The highest BCUT2D eigenvalue weighted by Crippen LogP contribution is 2.06. The van der Waals surface area contributed by atoms with Gasteiger partial charge < -0.3 is 5.73 Å². The number of aromatic nitrogens is 3. The molecule has 0 fully saturated rings. The van der Waals surface area contributed by atoms with E-state index < -0.39 is 0 Å². The van der Waals surface area contributed by atoms with Crippen LogP contribution in [0.25, 0.3) is 0 Å². The SMILES string of the molecule is CC[C@@H](N)c1n[nH]c(C)n1. The van der Waals surface area contributed by atoms with Crippen LogP contribution >= 0.6 is 0 Å². The second kappa shape index (κ2) is 2.79. The highest BCUT2D eigenvalue weighted by Gasteiger charge is 2.06. The zero-order valence-corrected chi connectivity index (χ0v) is 6.26. The number of aryl methyl sites for hydroxylation is 1. The minimum Gasteiger partial charge on any atom is -0.321 e. The Bertz CT molecular complexity index is 205. The van der Waals surface area contributed by atoms with Gasteiger partial charge in [-0.2, -0.15) is 5.10 Å². The number of aromatic amines is 1. The first-order chi connectivity index (χ1) is 4.74. The zero-order chi connectivity index (χ0) is 7.56. The molecule has 3 N–H and O–H groups in total. The molecule has 0 unspecified atom stereocenters. The van der Waals surface area contributed by atoms with E-state index in [2.05, 4.69) is 15.2 Å². The largest absolute Gasteiger partial charge is 0.321 e. The van der Waals surface area contributed by atoms with Crippen molar-refractivity contribution in [1.82, 2.24) is 15.2 Å². The zero-order valence-electron chi connectivity index (χ0n) is 6.26. The quantitative estimate of drug-likeness (QED) is 0.629. The van der Waals surface area contributed by atoms with Gasteiger partial charge >= 0.3 is 0 Å². The van der Waals surface area contributed by atoms with Gasteiger partial charge in [-0.3, -0.25) is 5.10 Å². The summed E-state index contributed by atoms with van der Waals surface area (Å²) < 4.78 is 0. The van der Waals surface area contributed by atoms with E-state index >= 15 is 0 Å². The van der Waals surface area contributed by atoms with Crippen LogP contribution in [-0.2, 0) is 0 Å². The van der Waals surface area contributed by atoms with Crippen molar-refractivity contribution >= 4 is 0 Å². The molecule has 1 heterocycles. The standard InChI is InChI=1S/C6H12N4/c1-3-5(7)6-8-4(2)9-10-6/h5H,3,7H2,1-2H3,(H,8,9,10)/t5-/m1/s1. The lowest BCUT2D eigenvalue weighted by Gasteiger charge is -1.99. The molecule has 0 saturated carbocycles. The fraction of sp³-hybridized carbons (Fsp3) is 0.667. The van der Waals surface area contributed by atoms with Crippen LogP contribution < -0.4 is 5.73 Å². The molecule has 0 aliphatic heterocycles. The van der Waals surface area contributed by atoms with Crippen molar-refractivity contribution in [2.75, 3.05) is 0 Å². The van der Waals surface area contributed by atoms with Crippen molar-refractivity contribution in [3.8, 4) is 0 Å². The van der Waals surface area contributed by atoms with E-state index in [1.165, 1.54) is 0 Å². The van der Waals surface area contributed by atoms with Crippen LogP contribution in [0.3, 0.4) is 0 Å². The van der Waals surface area contributed by atoms with Crippen LogP contribution in [0.1, 0.15) is 31.0 Å². The number of hydrogen-bond donors (Lipinski definition) is 2. The van der Waals surface area contributed by atoms with Gasteiger partial charge in [0, 0.05) is 0 Å². The second-order valence-electron chi connectivity index (χ2n) is 2.29. The number of rotatable bonds is 2. The molecule has 0 aromatic carbocycles. The van der Waals surface area contributed by atoms with Crippen LogP contribution in [0.5, 0.6) is 0 Å². The van der Waals surface area contributed by atoms with Crippen molar-refractivity contribution < 1.29 is 0 Å². The maximum Gasteiger partial charge on any atom is 0.167 e. The number of hydrogen-bond acceptors (Lipinski definition) is 3. The Hall–Kier alpha value is -0.900. The Kier molecular flexibility index (Phi) is 2.01. The lowest BCUT2D eigenvalue weighted by atomic mass is 10.2. The number of nitrogens with zero attached hydrogens (tertiary/aromatic N) is 2. The normalized spacial score (nSPS) is 13.5. The first kappa shape index (κ1) is 7.21. The minimum absolute atomic E-state index is 0.0232. The highest BCUT2D eigenvalue weighted by molar-refractivity contribution is 4.93. The van der Waals surface area contributed by atoms with E-state index in [0.717, 1.165) is 12.2 Å². The van der Waals surface area contributed by atoms with Gasteiger partial charge in [0.05, 0.1) is 6.04 Å². The van der Waals surface area contributed by atoms with Gasteiger partial charge in [-0.15, -0.1) is 0 Å². The van der Waals surface area contributed by atoms with E-state index in [1.54, 1.807) is 0 Å². The van der Waals surface area contributed by atoms with Gasteiger partial charge in [0.15, 0.2) is 5.82 Å². The van der Waals surface area contributed by atoms with Crippen molar-refractivity contribution in [3.63, 3.8) is 0 Å². The Balaban J connectivity index is 2.74. The molecular formula is C6H12N4. The van der Waals surface area contributed by atoms with Gasteiger partial charge in [0.1, 0.15) is 5.82 Å². The fourth-order valence-electron chi connectivity index (χ4n) is 0.708. The predicted octanol–water partition coefficient (Wildman–Crippen LogP) is 0.523. The van der Waals surface area contributed by atoms with E-state index in [9.17, 15) is 0 Å². The molecule has 0 spiro atoms. The Labute approximate surface area is 59.8 Å². The maximum absolute atomic E-state index is 5.66. The molecule has 0 bridgehead atoms. The molecule has 0 aliphatic rings. The summed E-state index contributed by atoms with van der Waals surface area (Å²) in [5, 5.41) is 6.67. The predicted molar refractivity (Wildman–Crippen MR) is 38.3 cm³/mol. The first-order valence-electron chi connectivity index (χ1n) is 3.38. The molecular weight excluding hydrogens is 128 g/mol. The van der Waals surface area contributed by atoms with Crippen molar-refractivity contribution in [3.05, 3.63) is 11.6 Å². The number of nitrogens with two attached hydrogens (primary N) is 1. The highest BCUT2D eigenvalue weighted by atomic mass is 15.2. The molecule has 0 amide bonds. The van der Waals surface area contributed by atoms with Crippen LogP contribution in [0.2, 0.25) is 0 Å². The van der Waals surface area contributed by atoms with Crippen LogP contribution in [0, 0.1) is 6.92 Å². The van der Waals surface area contributed by atoms with E-state index in [4.69, 9.17) is 5.73 Å². The first-order valence-corrected chi connectivity index (χ1v) is 3.38. The molecule has 0 radical (unpaired) electrons. The monoisotopic (exact) mass is 140 g/mol. The molecule has 1 rings (SSSR count). The summed E-state index contributed by atoms with van der Waals surface area (Å²) in [5.41, 5.74) is 5.66. The smallest absolute Gasteiger partial charge is 0.167 e. The lowest BCUT2D eigenvalue weighted by molar-refractivity contribution is 0.652. The Morgan fingerprint density at radius 1 is 1.70 bits per heavy atom. The van der Waals surface area contributed by atoms with E-state index in [1.807, 2.05) is 13.8 Å². The van der Waals surface area contributed by atoms with Gasteiger partial charge in [-0.1, -0.05) is 6.92 Å². The second-order valence-corrected chi connectivity index (χ2v) is 2.29. The Morgan fingerprint density at radius 2 is 2.40 bits per heavy atom. The molecule has 1 aromatic rings. The molecule has 1 atom stereocenters. The number of H-pyrrole nitrogens is 1. The van der Waals surface area contributed by atoms with E-state index in [0.29, 0.717) is 5.82 Å². The third kappa shape index (κ3) is 1.33. The van der Waals surface area contributed by atoms with Crippen LogP contribution in [0.15, 0.2) is 0 Å². The molecule has 4 heteroatoms. The average Bonchev–Trinajstić information content (AvgIpc) is 2.34. The summed E-state index contributed by atoms with van der Waals surface area (Å²) in [7, 11) is 0. The number of nitrogens with one attached hydrogen (secondary N) is 1. The van der Waals surface area contributed by atoms with E-state index in [-0.39, 0.29) is 6.04 Å². The van der Waals surface area contributed by atoms with Gasteiger partial charge in [-0.05, 0) is 13.3 Å². The Morgan fingerprint density at radius 3 is 2.80 bits per heavy atom.